The van der Waals surface area contributed by atoms with Gasteiger partial charge in [-0.3, -0.25) is 14.8 Å². The lowest BCUT2D eigenvalue weighted by molar-refractivity contribution is -0.138. The molecular weight excluding hydrogens is 491 g/mol. The molecule has 0 saturated carbocycles. The molecule has 0 aliphatic rings. The van der Waals surface area contributed by atoms with Gasteiger partial charge < -0.3 is 21.1 Å². The summed E-state index contributed by atoms with van der Waals surface area (Å²) in [4.78, 5) is 22.9. The fraction of sp³-hybridized carbons (Fsp3) is 0.391. The first-order chi connectivity index (χ1) is 16.3. The van der Waals surface area contributed by atoms with Crippen molar-refractivity contribution in [1.29, 1.82) is 5.41 Å². The summed E-state index contributed by atoms with van der Waals surface area (Å²) in [7, 11) is -8.22. The molecule has 3 atom stereocenters. The first-order valence-corrected chi connectivity index (χ1v) is 14.7. The Labute approximate surface area is 206 Å². The summed E-state index contributed by atoms with van der Waals surface area (Å²) in [5, 5.41) is 19.7. The fourth-order valence-electron chi connectivity index (χ4n) is 3.73. The minimum absolute atomic E-state index is 0.228. The number of carboxylic acids is 1. The van der Waals surface area contributed by atoms with Crippen LogP contribution in [0, 0.1) is 11.3 Å². The van der Waals surface area contributed by atoms with Gasteiger partial charge in [0.1, 0.15) is 5.78 Å². The van der Waals surface area contributed by atoms with Gasteiger partial charge in [-0.15, -0.1) is 0 Å². The molecule has 0 fully saturated rings. The molecule has 12 heteroatoms. The highest BCUT2D eigenvalue weighted by atomic mass is 32.2. The molecule has 2 aromatic carbocycles. The lowest BCUT2D eigenvalue weighted by Crippen LogP contribution is -2.41. The number of nitrogens with two attached hydrogens (primary N) is 1. The van der Waals surface area contributed by atoms with Crippen LogP contribution in [0.15, 0.2) is 54.6 Å². The maximum absolute atomic E-state index is 13.4. The topological polar surface area (TPSA) is 183 Å². The van der Waals surface area contributed by atoms with Gasteiger partial charge in [-0.05, 0) is 42.0 Å². The quantitative estimate of drug-likeness (QED) is 0.131. The van der Waals surface area contributed by atoms with Crippen LogP contribution in [0.2, 0.25) is 0 Å². The van der Waals surface area contributed by atoms with Gasteiger partial charge in [0.05, 0.1) is 11.7 Å². The van der Waals surface area contributed by atoms with Gasteiger partial charge in [-0.2, -0.15) is 0 Å². The number of hydrogen-bond acceptors (Lipinski definition) is 5. The Kier molecular flexibility index (Phi) is 10.0. The van der Waals surface area contributed by atoms with Crippen molar-refractivity contribution in [3.63, 3.8) is 0 Å². The van der Waals surface area contributed by atoms with Gasteiger partial charge in [-0.1, -0.05) is 56.3 Å². The zero-order valence-corrected chi connectivity index (χ0v) is 21.4. The summed E-state index contributed by atoms with van der Waals surface area (Å²) >= 11 is 0. The predicted octanol–water partition coefficient (Wildman–Crippen LogP) is 2.96. The van der Waals surface area contributed by atoms with Crippen LogP contribution in [0.4, 0.5) is 5.69 Å². The molecule has 0 amide bonds. The van der Waals surface area contributed by atoms with E-state index in [9.17, 15) is 27.8 Å². The van der Waals surface area contributed by atoms with Gasteiger partial charge in [0.15, 0.2) is 5.96 Å². The molecule has 3 unspecified atom stereocenters. The third-order valence-electron chi connectivity index (χ3n) is 5.40. The molecule has 0 bridgehead atoms. The molecule has 2 rings (SSSR count). The van der Waals surface area contributed by atoms with E-state index in [1.54, 1.807) is 19.9 Å². The highest BCUT2D eigenvalue weighted by molar-refractivity contribution is 7.89. The number of benzene rings is 2. The van der Waals surface area contributed by atoms with Crippen molar-refractivity contribution in [3.05, 3.63) is 65.7 Å². The lowest BCUT2D eigenvalue weighted by atomic mass is 10.0. The van der Waals surface area contributed by atoms with Crippen molar-refractivity contribution in [2.45, 2.75) is 38.4 Å². The van der Waals surface area contributed by atoms with Crippen LogP contribution in [0.1, 0.15) is 37.3 Å². The van der Waals surface area contributed by atoms with E-state index >= 15 is 0 Å². The Bertz CT molecular complexity index is 1170. The second-order valence-corrected chi connectivity index (χ2v) is 13.0. The second kappa shape index (κ2) is 12.3. The molecule has 10 nitrogen and oxygen atoms in total. The predicted molar refractivity (Wildman–Crippen MR) is 137 cm³/mol. The summed E-state index contributed by atoms with van der Waals surface area (Å²) in [6, 6.07) is 15.4. The van der Waals surface area contributed by atoms with Crippen molar-refractivity contribution in [3.8, 4) is 0 Å². The van der Waals surface area contributed by atoms with Crippen molar-refractivity contribution in [2.24, 2.45) is 11.7 Å². The van der Waals surface area contributed by atoms with E-state index in [1.165, 1.54) is 18.2 Å². The Balaban J connectivity index is 2.18. The zero-order valence-electron chi connectivity index (χ0n) is 19.7. The van der Waals surface area contributed by atoms with Crippen LogP contribution >= 0.6 is 7.37 Å². The van der Waals surface area contributed by atoms with Crippen LogP contribution in [-0.4, -0.2) is 48.0 Å². The summed E-state index contributed by atoms with van der Waals surface area (Å²) in [6.45, 7) is 3.21. The van der Waals surface area contributed by atoms with Crippen molar-refractivity contribution in [1.82, 2.24) is 4.72 Å². The SMILES string of the molecule is CC(C)C(NS(=O)(=O)CCCc1ccccc1)P(=O)(O)CC(C(=O)O)c1cccc(NC(=N)N)c1. The van der Waals surface area contributed by atoms with Gasteiger partial charge in [0, 0.05) is 11.8 Å². The lowest BCUT2D eigenvalue weighted by Gasteiger charge is -2.29. The second-order valence-electron chi connectivity index (χ2n) is 8.71. The summed E-state index contributed by atoms with van der Waals surface area (Å²) in [5.41, 5.74) is 6.89. The first-order valence-electron chi connectivity index (χ1n) is 11.1. The van der Waals surface area contributed by atoms with Gasteiger partial charge >= 0.3 is 5.97 Å². The molecule has 7 N–H and O–H groups in total. The Morgan fingerprint density at radius 2 is 1.80 bits per heavy atom. The molecule has 192 valence electrons. The van der Waals surface area contributed by atoms with Gasteiger partial charge in [-0.25, -0.2) is 13.1 Å². The van der Waals surface area contributed by atoms with Crippen LogP contribution < -0.4 is 15.8 Å². The fourth-order valence-corrected chi connectivity index (χ4v) is 8.20. The Morgan fingerprint density at radius 1 is 1.14 bits per heavy atom. The van der Waals surface area contributed by atoms with Crippen LogP contribution in [0.5, 0.6) is 0 Å². The Hall–Kier alpha value is -2.72. The number of anilines is 1. The van der Waals surface area contributed by atoms with Crippen molar-refractivity contribution in [2.75, 3.05) is 17.2 Å². The normalized spacial score (nSPS) is 15.2. The number of hydrogen-bond donors (Lipinski definition) is 6. The van der Waals surface area contributed by atoms with E-state index in [4.69, 9.17) is 11.1 Å². The largest absolute Gasteiger partial charge is 0.481 e. The third-order valence-corrected chi connectivity index (χ3v) is 9.49. The molecule has 2 aromatic rings. The summed E-state index contributed by atoms with van der Waals surface area (Å²) < 4.78 is 41.2. The number of aryl methyl sites for hydroxylation is 1. The van der Waals surface area contributed by atoms with E-state index in [0.29, 0.717) is 18.5 Å². The van der Waals surface area contributed by atoms with E-state index in [2.05, 4.69) is 10.0 Å². The van der Waals surface area contributed by atoms with Crippen LogP contribution in [0.25, 0.3) is 0 Å². The minimum Gasteiger partial charge on any atom is -0.481 e. The molecule has 0 spiro atoms. The molecule has 0 heterocycles. The number of sulfonamides is 1. The number of rotatable bonds is 13. The number of carboxylic acid groups (broad SMARTS) is 1. The number of carbonyl (C=O) groups is 1. The summed E-state index contributed by atoms with van der Waals surface area (Å²) in [5.74, 6) is -5.18. The molecule has 0 radical (unpaired) electrons. The van der Waals surface area contributed by atoms with E-state index < -0.39 is 47.1 Å². The van der Waals surface area contributed by atoms with Crippen molar-refractivity contribution >= 4 is 35.0 Å². The average molecular weight is 525 g/mol. The molecule has 0 aliphatic heterocycles. The maximum Gasteiger partial charge on any atom is 0.311 e. The van der Waals surface area contributed by atoms with E-state index in [1.807, 2.05) is 30.3 Å². The monoisotopic (exact) mass is 524 g/mol. The molecule has 35 heavy (non-hydrogen) atoms. The highest BCUT2D eigenvalue weighted by Crippen LogP contribution is 2.51. The molecule has 0 aromatic heterocycles. The van der Waals surface area contributed by atoms with Crippen LogP contribution in [0.3, 0.4) is 0 Å². The number of guanidine groups is 1. The standard InChI is InChI=1S/C23H33N4O6PS/c1-16(2)21(27-35(32,33)13-7-10-17-8-4-3-5-9-17)34(30,31)15-20(22(28)29)18-11-6-12-19(14-18)26-23(24)25/h3-6,8-9,11-12,14,16,20-21,27H,7,10,13,15H2,1-2H3,(H,28,29)(H,30,31)(H4,24,25,26). The molecule has 0 saturated heterocycles. The first kappa shape index (κ1) is 28.5. The maximum atomic E-state index is 13.4. The average Bonchev–Trinajstić information content (AvgIpc) is 2.76. The smallest absolute Gasteiger partial charge is 0.311 e. The molecular formula is C23H33N4O6PS. The third kappa shape index (κ3) is 9.10. The molecule has 0 aliphatic carbocycles. The van der Waals surface area contributed by atoms with E-state index in [0.717, 1.165) is 5.56 Å². The zero-order chi connectivity index (χ0) is 26.2. The Morgan fingerprint density at radius 3 is 2.37 bits per heavy atom. The number of nitrogens with one attached hydrogen (secondary N) is 3. The van der Waals surface area contributed by atoms with Crippen LogP contribution in [-0.2, 0) is 25.8 Å². The van der Waals surface area contributed by atoms with E-state index in [-0.39, 0.29) is 17.3 Å². The number of aliphatic carboxylic acids is 1. The summed E-state index contributed by atoms with van der Waals surface area (Å²) in [6.07, 6.45) is 0.200. The van der Waals surface area contributed by atoms with Crippen molar-refractivity contribution < 1.29 is 27.8 Å². The minimum atomic E-state index is -4.32. The van der Waals surface area contributed by atoms with Gasteiger partial charge in [0.25, 0.3) is 0 Å². The highest BCUT2D eigenvalue weighted by Gasteiger charge is 2.40. The van der Waals surface area contributed by atoms with Gasteiger partial charge in [0.2, 0.25) is 17.4 Å².